The molecule has 0 atom stereocenters. The Hall–Kier alpha value is -2.49. The number of halogens is 1. The van der Waals surface area contributed by atoms with Crippen molar-refractivity contribution in [3.63, 3.8) is 0 Å². The summed E-state index contributed by atoms with van der Waals surface area (Å²) in [5, 5.41) is 3.47. The molecule has 0 saturated carbocycles. The minimum absolute atomic E-state index is 0. The number of nitrogens with zero attached hydrogens (tertiary/aromatic N) is 3. The van der Waals surface area contributed by atoms with Crippen LogP contribution in [-0.4, -0.2) is 63.1 Å². The molecule has 8 heteroatoms. The van der Waals surface area contributed by atoms with Crippen molar-refractivity contribution < 1.29 is 14.3 Å². The third-order valence-corrected chi connectivity index (χ3v) is 5.85. The Morgan fingerprint density at radius 3 is 2.48 bits per heavy atom. The number of benzene rings is 2. The summed E-state index contributed by atoms with van der Waals surface area (Å²) in [7, 11) is 7.12. The molecule has 3 rings (SSSR count). The van der Waals surface area contributed by atoms with Gasteiger partial charge in [0.25, 0.3) is 0 Å². The lowest BCUT2D eigenvalue weighted by atomic mass is 10.1. The molecule has 33 heavy (non-hydrogen) atoms. The van der Waals surface area contributed by atoms with Gasteiger partial charge in [-0.25, -0.2) is 0 Å². The molecule has 0 aliphatic carbocycles. The number of likely N-dealkylation sites (tertiary alicyclic amines) is 1. The van der Waals surface area contributed by atoms with Gasteiger partial charge in [0, 0.05) is 46.7 Å². The smallest absolute Gasteiger partial charge is 0.222 e. The van der Waals surface area contributed by atoms with Crippen LogP contribution >= 0.6 is 24.0 Å². The van der Waals surface area contributed by atoms with Crippen LogP contribution in [0.3, 0.4) is 0 Å². The quantitative estimate of drug-likeness (QED) is 0.285. The number of rotatable bonds is 9. The molecule has 1 saturated heterocycles. The summed E-state index contributed by atoms with van der Waals surface area (Å²) in [4.78, 5) is 20.5. The van der Waals surface area contributed by atoms with E-state index in [1.807, 2.05) is 36.2 Å². The fourth-order valence-electron chi connectivity index (χ4n) is 3.96. The molecule has 0 radical (unpaired) electrons. The maximum Gasteiger partial charge on any atom is 0.222 e. The Bertz CT molecular complexity index is 951. The summed E-state index contributed by atoms with van der Waals surface area (Å²) >= 11 is 0. The number of nitrogens with one attached hydrogen (secondary N) is 1. The van der Waals surface area contributed by atoms with Crippen molar-refractivity contribution in [2.75, 3.05) is 41.4 Å². The molecule has 1 aliphatic rings. The number of hydrogen-bond acceptors (Lipinski definition) is 4. The molecule has 2 aromatic carbocycles. The summed E-state index contributed by atoms with van der Waals surface area (Å²) in [5.41, 5.74) is 3.53. The molecule has 0 spiro atoms. The van der Waals surface area contributed by atoms with Gasteiger partial charge in [-0.3, -0.25) is 9.79 Å². The van der Waals surface area contributed by atoms with E-state index < -0.39 is 0 Å². The highest BCUT2D eigenvalue weighted by Crippen LogP contribution is 2.27. The van der Waals surface area contributed by atoms with Crippen molar-refractivity contribution in [3.05, 3.63) is 59.2 Å². The fraction of sp³-hybridized carbons (Fsp3) is 0.440. The second-order valence-corrected chi connectivity index (χ2v) is 7.95. The van der Waals surface area contributed by atoms with E-state index in [0.717, 1.165) is 43.4 Å². The van der Waals surface area contributed by atoms with E-state index in [1.165, 1.54) is 16.7 Å². The predicted molar refractivity (Wildman–Crippen MR) is 143 cm³/mol. The minimum Gasteiger partial charge on any atom is -0.493 e. The van der Waals surface area contributed by atoms with Crippen molar-refractivity contribution in [1.82, 2.24) is 15.1 Å². The van der Waals surface area contributed by atoms with Gasteiger partial charge in [0.2, 0.25) is 5.91 Å². The number of guanidine groups is 1. The van der Waals surface area contributed by atoms with Crippen LogP contribution < -0.4 is 14.8 Å². The van der Waals surface area contributed by atoms with Crippen LogP contribution in [-0.2, 0) is 24.3 Å². The standard InChI is InChI=1S/C25H34N4O3.HI/c1-26-25(28(2)15-13-19-11-12-22(31-3)23(16-19)32-4)27-17-20-8-5-6-9-21(20)18-29-14-7-10-24(29)30;/h5-6,8-9,11-12,16H,7,10,13-15,17-18H2,1-4H3,(H,26,27);1H. The van der Waals surface area contributed by atoms with E-state index in [1.54, 1.807) is 21.3 Å². The van der Waals surface area contributed by atoms with Crippen LogP contribution in [0.15, 0.2) is 47.5 Å². The number of aliphatic imine (C=N–C) groups is 1. The number of methoxy groups -OCH3 is 2. The summed E-state index contributed by atoms with van der Waals surface area (Å²) in [6.07, 6.45) is 2.47. The van der Waals surface area contributed by atoms with Gasteiger partial charge in [-0.1, -0.05) is 30.3 Å². The normalized spacial score (nSPS) is 13.5. The molecule has 1 fully saturated rings. The molecule has 0 aromatic heterocycles. The Kier molecular flexibility index (Phi) is 10.8. The number of amides is 1. The largest absolute Gasteiger partial charge is 0.493 e. The number of ether oxygens (including phenoxy) is 2. The Morgan fingerprint density at radius 1 is 1.12 bits per heavy atom. The molecule has 180 valence electrons. The Morgan fingerprint density at radius 2 is 1.85 bits per heavy atom. The van der Waals surface area contributed by atoms with Crippen molar-refractivity contribution in [3.8, 4) is 11.5 Å². The summed E-state index contributed by atoms with van der Waals surface area (Å²) in [6.45, 7) is 2.98. The van der Waals surface area contributed by atoms with Crippen LogP contribution in [0.5, 0.6) is 11.5 Å². The van der Waals surface area contributed by atoms with E-state index in [4.69, 9.17) is 9.47 Å². The van der Waals surface area contributed by atoms with Gasteiger partial charge in [-0.05, 0) is 41.7 Å². The first-order valence-electron chi connectivity index (χ1n) is 11.0. The average Bonchev–Trinajstić information content (AvgIpc) is 3.23. The van der Waals surface area contributed by atoms with Crippen LogP contribution in [0.2, 0.25) is 0 Å². The zero-order valence-electron chi connectivity index (χ0n) is 20.0. The zero-order chi connectivity index (χ0) is 22.9. The number of hydrogen-bond donors (Lipinski definition) is 1. The second kappa shape index (κ2) is 13.3. The molecule has 0 unspecified atom stereocenters. The molecule has 0 bridgehead atoms. The molecular formula is C25H35IN4O3. The Labute approximate surface area is 214 Å². The minimum atomic E-state index is 0. The molecule has 7 nitrogen and oxygen atoms in total. The highest BCUT2D eigenvalue weighted by atomic mass is 127. The molecule has 1 N–H and O–H groups in total. The fourth-order valence-corrected chi connectivity index (χ4v) is 3.96. The van der Waals surface area contributed by atoms with Crippen LogP contribution in [0.4, 0.5) is 0 Å². The molecular weight excluding hydrogens is 531 g/mol. The highest BCUT2D eigenvalue weighted by molar-refractivity contribution is 14.0. The van der Waals surface area contributed by atoms with Gasteiger partial charge < -0.3 is 24.6 Å². The number of carbonyl (C=O) groups is 1. The second-order valence-electron chi connectivity index (χ2n) is 7.95. The van der Waals surface area contributed by atoms with Crippen molar-refractivity contribution in [2.24, 2.45) is 4.99 Å². The average molecular weight is 566 g/mol. The highest BCUT2D eigenvalue weighted by Gasteiger charge is 2.21. The Balaban J connectivity index is 0.00000385. The zero-order valence-corrected chi connectivity index (χ0v) is 22.3. The molecule has 1 amide bonds. The van der Waals surface area contributed by atoms with Crippen LogP contribution in [0.1, 0.15) is 29.5 Å². The van der Waals surface area contributed by atoms with E-state index in [-0.39, 0.29) is 29.9 Å². The van der Waals surface area contributed by atoms with Gasteiger partial charge >= 0.3 is 0 Å². The number of carbonyl (C=O) groups excluding carboxylic acids is 1. The SMILES string of the molecule is CN=C(NCc1ccccc1CN1CCCC1=O)N(C)CCc1ccc(OC)c(OC)c1.I. The monoisotopic (exact) mass is 566 g/mol. The van der Waals surface area contributed by atoms with Gasteiger partial charge in [0.15, 0.2) is 17.5 Å². The number of likely N-dealkylation sites (N-methyl/N-ethyl adjacent to an activating group) is 1. The van der Waals surface area contributed by atoms with E-state index in [2.05, 4.69) is 33.4 Å². The first-order valence-corrected chi connectivity index (χ1v) is 11.0. The van der Waals surface area contributed by atoms with Gasteiger partial charge in [0.1, 0.15) is 0 Å². The predicted octanol–water partition coefficient (Wildman–Crippen LogP) is 3.69. The van der Waals surface area contributed by atoms with Crippen molar-refractivity contribution in [2.45, 2.75) is 32.4 Å². The van der Waals surface area contributed by atoms with Gasteiger partial charge in [-0.2, -0.15) is 0 Å². The third kappa shape index (κ3) is 7.25. The van der Waals surface area contributed by atoms with Gasteiger partial charge in [0.05, 0.1) is 14.2 Å². The van der Waals surface area contributed by atoms with E-state index in [9.17, 15) is 4.79 Å². The topological polar surface area (TPSA) is 66.4 Å². The first-order chi connectivity index (χ1) is 15.5. The maximum absolute atomic E-state index is 12.0. The first kappa shape index (κ1) is 26.8. The molecule has 2 aromatic rings. The molecule has 1 heterocycles. The summed E-state index contributed by atoms with van der Waals surface area (Å²) in [5.74, 6) is 2.55. The lowest BCUT2D eigenvalue weighted by molar-refractivity contribution is -0.128. The third-order valence-electron chi connectivity index (χ3n) is 5.85. The van der Waals surface area contributed by atoms with Crippen molar-refractivity contribution in [1.29, 1.82) is 0 Å². The summed E-state index contributed by atoms with van der Waals surface area (Å²) < 4.78 is 10.7. The lowest BCUT2D eigenvalue weighted by Crippen LogP contribution is -2.39. The van der Waals surface area contributed by atoms with Crippen LogP contribution in [0, 0.1) is 0 Å². The summed E-state index contributed by atoms with van der Waals surface area (Å²) in [6, 6.07) is 14.3. The van der Waals surface area contributed by atoms with E-state index in [0.29, 0.717) is 19.5 Å². The lowest BCUT2D eigenvalue weighted by Gasteiger charge is -2.23. The van der Waals surface area contributed by atoms with E-state index >= 15 is 0 Å². The molecule has 1 aliphatic heterocycles. The van der Waals surface area contributed by atoms with Gasteiger partial charge in [-0.15, -0.1) is 24.0 Å². The van der Waals surface area contributed by atoms with Crippen LogP contribution in [0.25, 0.3) is 0 Å². The van der Waals surface area contributed by atoms with Crippen molar-refractivity contribution >= 4 is 35.8 Å². The maximum atomic E-state index is 12.0.